The first-order valence-electron chi connectivity index (χ1n) is 26.4. The van der Waals surface area contributed by atoms with E-state index in [0.717, 1.165) is 6.92 Å². The number of carbonyl (C=O) groups is 12. The van der Waals surface area contributed by atoms with E-state index in [4.69, 9.17) is 34.4 Å². The van der Waals surface area contributed by atoms with Crippen LogP contribution in [0.15, 0.2) is 35.3 Å². The Morgan fingerprint density at radius 1 is 0.494 bits per heavy atom. The van der Waals surface area contributed by atoms with Crippen molar-refractivity contribution < 1.29 is 78.0 Å². The Morgan fingerprint density at radius 3 is 1.35 bits per heavy atom. The van der Waals surface area contributed by atoms with Gasteiger partial charge in [-0.2, -0.15) is 0 Å². The number of hydrogen-bond donors (Lipinski definition) is 18. The monoisotopic (exact) mass is 1150 g/mol. The van der Waals surface area contributed by atoms with E-state index in [1.807, 2.05) is 5.32 Å². The van der Waals surface area contributed by atoms with Crippen molar-refractivity contribution in [3.05, 3.63) is 35.9 Å². The minimum absolute atomic E-state index is 0.0159. The van der Waals surface area contributed by atoms with Crippen LogP contribution in [0.1, 0.15) is 110 Å². The van der Waals surface area contributed by atoms with Crippen molar-refractivity contribution in [1.82, 2.24) is 42.5 Å². The highest BCUT2D eigenvalue weighted by molar-refractivity contribution is 5.99. The number of hydrogen-bond acceptors (Lipinski definition) is 17. The number of aliphatic hydroxyl groups excluding tert-OH is 1. The number of nitrogens with two attached hydrogens (primary N) is 6. The lowest BCUT2D eigenvalue weighted by Crippen LogP contribution is -2.62. The number of aliphatic imine (C=N–C) groups is 1. The summed E-state index contributed by atoms with van der Waals surface area (Å²) in [6.07, 6.45) is -3.41. The van der Waals surface area contributed by atoms with Crippen LogP contribution in [-0.2, 0) is 64.0 Å². The summed E-state index contributed by atoms with van der Waals surface area (Å²) in [5, 5.41) is 58.5. The van der Waals surface area contributed by atoms with Crippen molar-refractivity contribution in [1.29, 1.82) is 0 Å². The number of aliphatic hydroxyl groups is 1. The van der Waals surface area contributed by atoms with Gasteiger partial charge in [-0.25, -0.2) is 4.79 Å². The fraction of sp³-hybridized carbons (Fsp3) is 0.620. The molecule has 9 amide bonds. The number of primary amides is 1. The first-order chi connectivity index (χ1) is 38.1. The minimum Gasteiger partial charge on any atom is -0.481 e. The second-order valence-corrected chi connectivity index (χ2v) is 19.5. The molecule has 31 nitrogen and oxygen atoms in total. The molecular formula is C50H83N15O16. The average molecular weight is 1150 g/mol. The van der Waals surface area contributed by atoms with Crippen LogP contribution in [0.4, 0.5) is 0 Å². The summed E-state index contributed by atoms with van der Waals surface area (Å²) in [5.74, 6) is -14.9. The Hall–Kier alpha value is -8.03. The van der Waals surface area contributed by atoms with Gasteiger partial charge in [-0.05, 0) is 89.3 Å². The van der Waals surface area contributed by atoms with E-state index in [-0.39, 0.29) is 51.2 Å². The lowest BCUT2D eigenvalue weighted by molar-refractivity contribution is -0.144. The van der Waals surface area contributed by atoms with E-state index < -0.39 is 170 Å². The summed E-state index contributed by atoms with van der Waals surface area (Å²) in [6.45, 7) is 4.54. The maximum atomic E-state index is 14.2. The van der Waals surface area contributed by atoms with Crippen LogP contribution < -0.4 is 76.9 Å². The lowest BCUT2D eigenvalue weighted by atomic mass is 10.00. The molecule has 454 valence electrons. The Morgan fingerprint density at radius 2 is 0.901 bits per heavy atom. The normalized spacial score (nSPS) is 14.7. The molecule has 1 aromatic rings. The van der Waals surface area contributed by atoms with Crippen LogP contribution >= 0.6 is 0 Å². The third kappa shape index (κ3) is 28.6. The Labute approximate surface area is 468 Å². The maximum absolute atomic E-state index is 14.2. The molecule has 1 rings (SSSR count). The molecule has 81 heavy (non-hydrogen) atoms. The van der Waals surface area contributed by atoms with Crippen LogP contribution in [0, 0.1) is 5.92 Å². The molecule has 10 atom stereocenters. The number of aliphatic carboxylic acids is 3. The molecule has 0 saturated heterocycles. The molecule has 0 spiro atoms. The molecule has 0 bridgehead atoms. The Balaban J connectivity index is 3.55. The van der Waals surface area contributed by atoms with Crippen molar-refractivity contribution in [2.24, 2.45) is 45.3 Å². The number of nitrogens with one attached hydrogen (secondary N) is 8. The summed E-state index contributed by atoms with van der Waals surface area (Å²) < 4.78 is 0. The summed E-state index contributed by atoms with van der Waals surface area (Å²) in [4.78, 5) is 161. The predicted octanol–water partition coefficient (Wildman–Crippen LogP) is -5.53. The summed E-state index contributed by atoms with van der Waals surface area (Å²) in [6, 6.07) is -5.40. The number of carboxylic acid groups (broad SMARTS) is 3. The van der Waals surface area contributed by atoms with E-state index >= 15 is 0 Å². The van der Waals surface area contributed by atoms with Gasteiger partial charge in [0.15, 0.2) is 5.96 Å². The molecule has 0 saturated carbocycles. The van der Waals surface area contributed by atoms with Gasteiger partial charge in [0.05, 0.1) is 18.6 Å². The van der Waals surface area contributed by atoms with Gasteiger partial charge in [0, 0.05) is 25.8 Å². The van der Waals surface area contributed by atoms with Gasteiger partial charge in [0.25, 0.3) is 0 Å². The van der Waals surface area contributed by atoms with Crippen molar-refractivity contribution in [3.63, 3.8) is 0 Å². The number of benzene rings is 1. The molecule has 0 aliphatic rings. The highest BCUT2D eigenvalue weighted by Crippen LogP contribution is 2.12. The van der Waals surface area contributed by atoms with Crippen LogP contribution in [-0.4, -0.2) is 178 Å². The van der Waals surface area contributed by atoms with Crippen LogP contribution in [0.5, 0.6) is 0 Å². The number of nitrogens with zero attached hydrogens (tertiary/aromatic N) is 1. The highest BCUT2D eigenvalue weighted by Gasteiger charge is 2.37. The smallest absolute Gasteiger partial charge is 0.326 e. The topological polar surface area (TPSA) is 550 Å². The summed E-state index contributed by atoms with van der Waals surface area (Å²) in [5.41, 5.74) is 34.0. The van der Waals surface area contributed by atoms with Crippen LogP contribution in [0.25, 0.3) is 0 Å². The molecule has 0 heterocycles. The van der Waals surface area contributed by atoms with Crippen LogP contribution in [0.2, 0.25) is 0 Å². The third-order valence-corrected chi connectivity index (χ3v) is 12.3. The number of rotatable bonds is 41. The molecule has 0 radical (unpaired) electrons. The number of amides is 9. The molecule has 0 unspecified atom stereocenters. The second-order valence-electron chi connectivity index (χ2n) is 19.5. The fourth-order valence-electron chi connectivity index (χ4n) is 7.77. The Kier molecular flexibility index (Phi) is 33.1. The van der Waals surface area contributed by atoms with Gasteiger partial charge in [-0.1, -0.05) is 50.6 Å². The lowest BCUT2D eigenvalue weighted by Gasteiger charge is -2.30. The largest absolute Gasteiger partial charge is 0.481 e. The van der Waals surface area contributed by atoms with E-state index in [1.165, 1.54) is 13.8 Å². The number of carboxylic acids is 3. The van der Waals surface area contributed by atoms with Crippen LogP contribution in [0.3, 0.4) is 0 Å². The zero-order valence-electron chi connectivity index (χ0n) is 45.9. The van der Waals surface area contributed by atoms with Gasteiger partial charge < -0.3 is 97.4 Å². The maximum Gasteiger partial charge on any atom is 0.326 e. The van der Waals surface area contributed by atoms with Crippen molar-refractivity contribution in [3.8, 4) is 0 Å². The second kappa shape index (κ2) is 37.8. The Bertz CT molecular complexity index is 2300. The third-order valence-electron chi connectivity index (χ3n) is 12.3. The average Bonchev–Trinajstić information content (AvgIpc) is 3.38. The van der Waals surface area contributed by atoms with Gasteiger partial charge in [-0.3, -0.25) is 57.7 Å². The van der Waals surface area contributed by atoms with Gasteiger partial charge in [-0.15, -0.1) is 0 Å². The molecule has 0 aromatic heterocycles. The SMILES string of the molecule is CC(C)[C@H](NC(=O)[C@H](CCC(=O)O)NC(=O)[C@H](CCCCN)NC(=O)[C@H](Cc1ccccc1)NC(=O)[C@@H](N)CCCCN)C(=O)N[C@H](C(=O)N[C@@H](CCCN=C(N)N)C(=O)N[C@@H](CCC(=O)O)C(=O)N[C@@H](CC(N)=O)C(=O)O)[C@@H](C)O. The molecule has 24 N–H and O–H groups in total. The van der Waals surface area contributed by atoms with E-state index in [2.05, 4.69) is 42.2 Å². The number of unbranched alkanes of at least 4 members (excludes halogenated alkanes) is 2. The van der Waals surface area contributed by atoms with Gasteiger partial charge >= 0.3 is 17.9 Å². The van der Waals surface area contributed by atoms with E-state index in [9.17, 15) is 78.0 Å². The van der Waals surface area contributed by atoms with Crippen molar-refractivity contribution in [2.75, 3.05) is 19.6 Å². The first-order valence-corrected chi connectivity index (χ1v) is 26.4. The number of guanidine groups is 1. The number of carbonyl (C=O) groups excluding carboxylic acids is 9. The molecular weight excluding hydrogens is 1070 g/mol. The van der Waals surface area contributed by atoms with Gasteiger partial charge in [0.1, 0.15) is 48.3 Å². The minimum atomic E-state index is -1.90. The quantitative estimate of drug-likeness (QED) is 0.0165. The molecule has 0 aliphatic carbocycles. The molecule has 0 fully saturated rings. The van der Waals surface area contributed by atoms with Crippen molar-refractivity contribution in [2.45, 2.75) is 171 Å². The van der Waals surface area contributed by atoms with E-state index in [1.54, 1.807) is 30.3 Å². The molecule has 1 aromatic carbocycles. The predicted molar refractivity (Wildman–Crippen MR) is 291 cm³/mol. The zero-order valence-corrected chi connectivity index (χ0v) is 45.9. The molecule has 31 heteroatoms. The standard InChI is InChI=1S/C50H83N15O16/c1-26(2)39(47(78)65-40(27(3)66)48(79)61-31(16-11-23-57-50(55)56)43(74)59-32(17-19-37(68)69)44(75)63-35(49(80)81)25-36(54)67)64-45(76)33(18-20-38(70)71)60-42(73)30(15-8-10-22-52)58-46(77)34(24-28-12-5-4-6-13-28)62-41(72)29(53)14-7-9-21-51/h4-6,12-13,26-27,29-35,39-40,66H,7-11,14-25,51-53H2,1-3H3,(H2,54,67)(H,58,77)(H,59,74)(H,60,73)(H,61,79)(H,62,72)(H,63,75)(H,64,76)(H,65,78)(H,68,69)(H,70,71)(H,80,81)(H4,55,56,57)/t27-,29+,30+,31+,32+,33+,34+,35+,39+,40+/m1/s1. The molecule has 0 aliphatic heterocycles. The van der Waals surface area contributed by atoms with E-state index in [0.29, 0.717) is 37.8 Å². The summed E-state index contributed by atoms with van der Waals surface area (Å²) >= 11 is 0. The summed E-state index contributed by atoms with van der Waals surface area (Å²) in [7, 11) is 0. The highest BCUT2D eigenvalue weighted by atomic mass is 16.4. The van der Waals surface area contributed by atoms with Crippen molar-refractivity contribution >= 4 is 77.0 Å². The fourth-order valence-corrected chi connectivity index (χ4v) is 7.77. The zero-order chi connectivity index (χ0) is 61.4. The first kappa shape index (κ1) is 71.0. The van der Waals surface area contributed by atoms with Gasteiger partial charge in [0.2, 0.25) is 53.2 Å².